The fourth-order valence-electron chi connectivity index (χ4n) is 5.60. The highest BCUT2D eigenvalue weighted by Gasteiger charge is 2.85. The third kappa shape index (κ3) is 1.68. The van der Waals surface area contributed by atoms with E-state index in [0.717, 1.165) is 0 Å². The molecule has 0 spiro atoms. The standard InChI is InChI=1S/C17H22N4O6/c1-16-9-10-17(16,2)13(24)21(3,4)15(26)20(10)7-8(11(22)27-5)6-19(9)14(25)18-12(16)23/h8-10H,6-7H2,1-5H3/p+1. The van der Waals surface area contributed by atoms with E-state index in [-0.39, 0.29) is 19.0 Å². The first-order chi connectivity index (χ1) is 12.4. The third-order valence-corrected chi connectivity index (χ3v) is 7.23. The summed E-state index contributed by atoms with van der Waals surface area (Å²) in [7, 11) is 4.23. The normalized spacial score (nSPS) is 42.0. The average molecular weight is 379 g/mol. The van der Waals surface area contributed by atoms with Crippen LogP contribution in [0, 0.1) is 16.7 Å². The molecule has 27 heavy (non-hydrogen) atoms. The molecule has 5 atom stereocenters. The number of imide groups is 2. The highest BCUT2D eigenvalue weighted by atomic mass is 16.5. The molecule has 0 bridgehead atoms. The number of hydrogen-bond donors (Lipinski definition) is 1. The number of urea groups is 2. The number of methoxy groups -OCH3 is 1. The van der Waals surface area contributed by atoms with E-state index in [0.29, 0.717) is 0 Å². The van der Waals surface area contributed by atoms with Crippen LogP contribution < -0.4 is 5.32 Å². The van der Waals surface area contributed by atoms with E-state index in [4.69, 9.17) is 4.74 Å². The number of hydrogen-bond acceptors (Lipinski definition) is 6. The molecule has 146 valence electrons. The summed E-state index contributed by atoms with van der Waals surface area (Å²) in [5.74, 6) is -2.19. The largest absolute Gasteiger partial charge is 0.469 e. The van der Waals surface area contributed by atoms with Crippen molar-refractivity contribution in [3.63, 3.8) is 0 Å². The minimum absolute atomic E-state index is 0.0179. The predicted molar refractivity (Wildman–Crippen MR) is 88.8 cm³/mol. The van der Waals surface area contributed by atoms with Gasteiger partial charge in [0.2, 0.25) is 5.91 Å². The smallest absolute Gasteiger partial charge is 0.426 e. The highest BCUT2D eigenvalue weighted by molar-refractivity contribution is 6.08. The molecule has 4 aliphatic rings. The zero-order valence-corrected chi connectivity index (χ0v) is 15.9. The van der Waals surface area contributed by atoms with Crippen LogP contribution >= 0.6 is 0 Å². The van der Waals surface area contributed by atoms with Gasteiger partial charge in [-0.05, 0) is 13.8 Å². The van der Waals surface area contributed by atoms with Crippen molar-refractivity contribution in [1.82, 2.24) is 15.1 Å². The topological polar surface area (TPSA) is 113 Å². The number of carbonyl (C=O) groups is 5. The number of esters is 1. The van der Waals surface area contributed by atoms with Crippen LogP contribution in [0.1, 0.15) is 13.8 Å². The lowest BCUT2D eigenvalue weighted by molar-refractivity contribution is -0.747. The van der Waals surface area contributed by atoms with E-state index in [2.05, 4.69) is 5.32 Å². The fourth-order valence-corrected chi connectivity index (χ4v) is 5.60. The van der Waals surface area contributed by atoms with Crippen molar-refractivity contribution in [2.24, 2.45) is 16.7 Å². The monoisotopic (exact) mass is 379 g/mol. The van der Waals surface area contributed by atoms with Gasteiger partial charge in [-0.2, -0.15) is 4.48 Å². The van der Waals surface area contributed by atoms with Gasteiger partial charge in [-0.15, -0.1) is 0 Å². The molecule has 1 N–H and O–H groups in total. The number of nitrogens with one attached hydrogen (secondary N) is 1. The maximum atomic E-state index is 13.3. The molecule has 3 heterocycles. The molecule has 3 saturated heterocycles. The van der Waals surface area contributed by atoms with Crippen molar-refractivity contribution in [2.75, 3.05) is 34.3 Å². The molecule has 5 unspecified atom stereocenters. The summed E-state index contributed by atoms with van der Waals surface area (Å²) in [6.07, 6.45) is 0. The summed E-state index contributed by atoms with van der Waals surface area (Å²) in [5.41, 5.74) is -2.37. The Labute approximate surface area is 156 Å². The summed E-state index contributed by atoms with van der Waals surface area (Å²) >= 11 is 0. The number of carbonyl (C=O) groups excluding carboxylic acids is 5. The predicted octanol–water partition coefficient (Wildman–Crippen LogP) is -0.857. The van der Waals surface area contributed by atoms with Gasteiger partial charge in [0.1, 0.15) is 5.41 Å². The molecule has 3 aliphatic heterocycles. The summed E-state index contributed by atoms with van der Waals surface area (Å²) in [4.78, 5) is 67.0. The van der Waals surface area contributed by atoms with E-state index in [1.807, 2.05) is 0 Å². The zero-order chi connectivity index (χ0) is 20.1. The Kier molecular flexibility index (Phi) is 3.22. The first kappa shape index (κ1) is 17.9. The van der Waals surface area contributed by atoms with Gasteiger partial charge in [-0.1, -0.05) is 0 Å². The number of amides is 6. The molecular weight excluding hydrogens is 356 g/mol. The van der Waals surface area contributed by atoms with Crippen LogP contribution in [-0.4, -0.2) is 90.5 Å². The lowest BCUT2D eigenvalue weighted by Crippen LogP contribution is -2.92. The number of nitrogens with zero attached hydrogens (tertiary/aromatic N) is 3. The van der Waals surface area contributed by atoms with Gasteiger partial charge in [0, 0.05) is 13.1 Å². The van der Waals surface area contributed by atoms with Crippen molar-refractivity contribution in [3.8, 4) is 0 Å². The maximum Gasteiger partial charge on any atom is 0.426 e. The van der Waals surface area contributed by atoms with Gasteiger partial charge < -0.3 is 9.64 Å². The van der Waals surface area contributed by atoms with Crippen molar-refractivity contribution in [1.29, 1.82) is 0 Å². The Hall–Kier alpha value is -2.49. The molecule has 1 aliphatic carbocycles. The van der Waals surface area contributed by atoms with Crippen molar-refractivity contribution in [2.45, 2.75) is 25.9 Å². The first-order valence-electron chi connectivity index (χ1n) is 8.84. The van der Waals surface area contributed by atoms with Crippen LogP contribution in [-0.2, 0) is 19.1 Å². The van der Waals surface area contributed by atoms with Crippen LogP contribution in [0.15, 0.2) is 0 Å². The summed E-state index contributed by atoms with van der Waals surface area (Å²) in [6, 6.07) is -2.37. The van der Waals surface area contributed by atoms with Gasteiger partial charge in [0.15, 0.2) is 0 Å². The highest BCUT2D eigenvalue weighted by Crippen LogP contribution is 2.65. The Balaban J connectivity index is 1.93. The number of ether oxygens (including phenoxy) is 1. The molecule has 1 saturated carbocycles. The van der Waals surface area contributed by atoms with Crippen molar-refractivity contribution in [3.05, 3.63) is 0 Å². The second-order valence-electron chi connectivity index (χ2n) is 8.62. The van der Waals surface area contributed by atoms with E-state index in [1.54, 1.807) is 13.8 Å². The van der Waals surface area contributed by atoms with E-state index in [1.165, 1.54) is 31.0 Å². The Morgan fingerprint density at radius 1 is 1.07 bits per heavy atom. The van der Waals surface area contributed by atoms with Crippen LogP contribution in [0.4, 0.5) is 9.59 Å². The molecule has 4 rings (SSSR count). The van der Waals surface area contributed by atoms with Crippen molar-refractivity contribution < 1.29 is 33.2 Å². The van der Waals surface area contributed by atoms with E-state index >= 15 is 0 Å². The van der Waals surface area contributed by atoms with Gasteiger partial charge in [0.25, 0.3) is 0 Å². The minimum Gasteiger partial charge on any atom is -0.469 e. The molecule has 4 fully saturated rings. The summed E-state index contributed by atoms with van der Waals surface area (Å²) < 4.78 is 4.30. The SMILES string of the molecule is COC(=O)C1CN2C(=O)NC(=O)C3(C)C2C2N(C1)C(=O)[N+](C)(C)C(=O)C23C. The van der Waals surface area contributed by atoms with Crippen LogP contribution in [0.25, 0.3) is 0 Å². The fraction of sp³-hybridized carbons (Fsp3) is 0.706. The molecule has 0 radical (unpaired) electrons. The van der Waals surface area contributed by atoms with Crippen LogP contribution in [0.2, 0.25) is 0 Å². The van der Waals surface area contributed by atoms with Gasteiger partial charge >= 0.3 is 23.9 Å². The molecule has 6 amide bonds. The van der Waals surface area contributed by atoms with Gasteiger partial charge in [0.05, 0.1) is 44.6 Å². The van der Waals surface area contributed by atoms with Gasteiger partial charge in [-0.3, -0.25) is 19.8 Å². The van der Waals surface area contributed by atoms with Gasteiger partial charge in [-0.25, -0.2) is 14.4 Å². The Morgan fingerprint density at radius 2 is 1.63 bits per heavy atom. The number of quaternary nitrogens is 1. The third-order valence-electron chi connectivity index (χ3n) is 7.23. The molecule has 10 heteroatoms. The first-order valence-corrected chi connectivity index (χ1v) is 8.84. The quantitative estimate of drug-likeness (QED) is 0.469. The second kappa shape index (κ2) is 4.86. The minimum atomic E-state index is -1.19. The number of fused-ring (bicyclic) bond motifs is 1. The summed E-state index contributed by atoms with van der Waals surface area (Å²) in [5, 5.41) is 2.33. The molecular formula is C17H23N4O6+. The Morgan fingerprint density at radius 3 is 2.22 bits per heavy atom. The van der Waals surface area contributed by atoms with Crippen LogP contribution in [0.5, 0.6) is 0 Å². The van der Waals surface area contributed by atoms with E-state index < -0.39 is 57.3 Å². The molecule has 10 nitrogen and oxygen atoms in total. The summed E-state index contributed by atoms with van der Waals surface area (Å²) in [6.45, 7) is 3.39. The second-order valence-corrected chi connectivity index (χ2v) is 8.62. The lowest BCUT2D eigenvalue weighted by Gasteiger charge is -2.70. The number of rotatable bonds is 1. The van der Waals surface area contributed by atoms with Crippen LogP contribution in [0.3, 0.4) is 0 Å². The van der Waals surface area contributed by atoms with E-state index in [9.17, 15) is 24.0 Å². The lowest BCUT2D eigenvalue weighted by atomic mass is 9.41. The Bertz CT molecular complexity index is 824. The zero-order valence-electron chi connectivity index (χ0n) is 15.9. The average Bonchev–Trinajstić information content (AvgIpc) is 2.80. The molecule has 0 aromatic rings. The maximum absolute atomic E-state index is 13.3. The molecule has 0 aromatic carbocycles. The van der Waals surface area contributed by atoms with Crippen molar-refractivity contribution >= 4 is 29.8 Å². The molecule has 0 aromatic heterocycles.